The summed E-state index contributed by atoms with van der Waals surface area (Å²) in [5.41, 5.74) is 3.35. The SMILES string of the molecule is O=C(CN1C(=O)C2CC=CCC2C1=O)Nc1ccc2c(c1)CCC2. The molecule has 3 aliphatic rings. The molecule has 1 heterocycles. The summed E-state index contributed by atoms with van der Waals surface area (Å²) >= 11 is 0. The van der Waals surface area contributed by atoms with Gasteiger partial charge in [-0.25, -0.2) is 0 Å². The zero-order valence-electron chi connectivity index (χ0n) is 13.5. The van der Waals surface area contributed by atoms with Crippen molar-refractivity contribution in [3.8, 4) is 0 Å². The van der Waals surface area contributed by atoms with Gasteiger partial charge in [0.2, 0.25) is 17.7 Å². The van der Waals surface area contributed by atoms with Crippen molar-refractivity contribution in [3.05, 3.63) is 41.5 Å². The van der Waals surface area contributed by atoms with Gasteiger partial charge in [-0.2, -0.15) is 0 Å². The normalized spacial score (nSPS) is 24.9. The van der Waals surface area contributed by atoms with Gasteiger partial charge in [0.1, 0.15) is 6.54 Å². The lowest BCUT2D eigenvalue weighted by Gasteiger charge is -2.15. The van der Waals surface area contributed by atoms with Crippen LogP contribution in [0.15, 0.2) is 30.4 Å². The highest BCUT2D eigenvalue weighted by Crippen LogP contribution is 2.34. The lowest BCUT2D eigenvalue weighted by Crippen LogP contribution is -2.38. The predicted molar refractivity (Wildman–Crippen MR) is 89.2 cm³/mol. The van der Waals surface area contributed by atoms with Crippen molar-refractivity contribution in [1.29, 1.82) is 0 Å². The fraction of sp³-hybridized carbons (Fsp3) is 0.421. The van der Waals surface area contributed by atoms with Gasteiger partial charge in [-0.1, -0.05) is 18.2 Å². The zero-order valence-corrected chi connectivity index (χ0v) is 13.5. The second-order valence-electron chi connectivity index (χ2n) is 6.80. The van der Waals surface area contributed by atoms with E-state index in [2.05, 4.69) is 5.32 Å². The quantitative estimate of drug-likeness (QED) is 0.684. The molecule has 1 fully saturated rings. The Morgan fingerprint density at radius 1 is 1.04 bits per heavy atom. The molecule has 0 aromatic heterocycles. The average molecular weight is 324 g/mol. The fourth-order valence-electron chi connectivity index (χ4n) is 4.02. The van der Waals surface area contributed by atoms with Crippen LogP contribution in [0.5, 0.6) is 0 Å². The molecule has 124 valence electrons. The highest BCUT2D eigenvalue weighted by Gasteiger charge is 2.47. The van der Waals surface area contributed by atoms with Crippen LogP contribution in [0.25, 0.3) is 0 Å². The predicted octanol–water partition coefficient (Wildman–Crippen LogP) is 2.06. The first kappa shape index (κ1) is 15.1. The Morgan fingerprint density at radius 3 is 2.42 bits per heavy atom. The van der Waals surface area contributed by atoms with E-state index in [1.54, 1.807) is 0 Å². The number of aryl methyl sites for hydroxylation is 2. The summed E-state index contributed by atoms with van der Waals surface area (Å²) in [6.45, 7) is -0.193. The molecule has 3 amide bonds. The maximum atomic E-state index is 12.4. The molecule has 2 atom stereocenters. The van der Waals surface area contributed by atoms with Crippen LogP contribution in [-0.4, -0.2) is 29.2 Å². The first-order valence-electron chi connectivity index (χ1n) is 8.55. The summed E-state index contributed by atoms with van der Waals surface area (Å²) in [5, 5.41) is 2.82. The summed E-state index contributed by atoms with van der Waals surface area (Å²) < 4.78 is 0. The Bertz CT molecular complexity index is 727. The van der Waals surface area contributed by atoms with Crippen LogP contribution in [0.2, 0.25) is 0 Å². The molecule has 2 aliphatic carbocycles. The van der Waals surface area contributed by atoms with Gasteiger partial charge < -0.3 is 5.32 Å². The molecule has 1 aliphatic heterocycles. The Morgan fingerprint density at radius 2 is 1.71 bits per heavy atom. The monoisotopic (exact) mass is 324 g/mol. The summed E-state index contributed by atoms with van der Waals surface area (Å²) in [6.07, 6.45) is 8.37. The van der Waals surface area contributed by atoms with Crippen LogP contribution in [0.1, 0.15) is 30.4 Å². The molecule has 0 bridgehead atoms. The number of amides is 3. The number of anilines is 1. The lowest BCUT2D eigenvalue weighted by molar-refractivity contribution is -0.142. The molecular weight excluding hydrogens is 304 g/mol. The van der Waals surface area contributed by atoms with Crippen molar-refractivity contribution in [3.63, 3.8) is 0 Å². The highest BCUT2D eigenvalue weighted by molar-refractivity contribution is 6.08. The van der Waals surface area contributed by atoms with Crippen molar-refractivity contribution < 1.29 is 14.4 Å². The van der Waals surface area contributed by atoms with E-state index in [0.29, 0.717) is 12.8 Å². The molecule has 5 heteroatoms. The summed E-state index contributed by atoms with van der Waals surface area (Å²) in [6, 6.07) is 5.93. The number of benzene rings is 1. The smallest absolute Gasteiger partial charge is 0.244 e. The molecule has 0 spiro atoms. The third kappa shape index (κ3) is 2.54. The molecule has 5 nitrogen and oxygen atoms in total. The average Bonchev–Trinajstić information content (AvgIpc) is 3.14. The number of rotatable bonds is 3. The van der Waals surface area contributed by atoms with Crippen LogP contribution in [0.4, 0.5) is 5.69 Å². The number of fused-ring (bicyclic) bond motifs is 2. The van der Waals surface area contributed by atoms with Crippen molar-refractivity contribution in [1.82, 2.24) is 4.90 Å². The Labute approximate surface area is 140 Å². The Balaban J connectivity index is 1.43. The van der Waals surface area contributed by atoms with Gasteiger partial charge in [0.15, 0.2) is 0 Å². The van der Waals surface area contributed by atoms with E-state index >= 15 is 0 Å². The third-order valence-electron chi connectivity index (χ3n) is 5.28. The maximum absolute atomic E-state index is 12.4. The van der Waals surface area contributed by atoms with E-state index in [-0.39, 0.29) is 36.1 Å². The maximum Gasteiger partial charge on any atom is 0.244 e. The van der Waals surface area contributed by atoms with E-state index in [1.807, 2.05) is 30.4 Å². The topological polar surface area (TPSA) is 66.5 Å². The van der Waals surface area contributed by atoms with Crippen LogP contribution in [0.3, 0.4) is 0 Å². The molecule has 2 unspecified atom stereocenters. The van der Waals surface area contributed by atoms with Crippen LogP contribution in [0, 0.1) is 11.8 Å². The van der Waals surface area contributed by atoms with E-state index in [4.69, 9.17) is 0 Å². The molecule has 1 aromatic rings. The molecular formula is C19H20N2O3. The fourth-order valence-corrected chi connectivity index (χ4v) is 4.02. The van der Waals surface area contributed by atoms with Gasteiger partial charge in [-0.15, -0.1) is 0 Å². The number of allylic oxidation sites excluding steroid dienone is 2. The lowest BCUT2D eigenvalue weighted by atomic mass is 9.85. The minimum atomic E-state index is -0.318. The zero-order chi connectivity index (χ0) is 16.7. The molecule has 1 saturated heterocycles. The number of nitrogens with zero attached hydrogens (tertiary/aromatic N) is 1. The van der Waals surface area contributed by atoms with Crippen molar-refractivity contribution >= 4 is 23.4 Å². The van der Waals surface area contributed by atoms with E-state index in [9.17, 15) is 14.4 Å². The van der Waals surface area contributed by atoms with Gasteiger partial charge in [0.25, 0.3) is 0 Å². The van der Waals surface area contributed by atoms with Crippen LogP contribution >= 0.6 is 0 Å². The number of likely N-dealkylation sites (tertiary alicyclic amines) is 1. The molecule has 1 aromatic carbocycles. The van der Waals surface area contributed by atoms with Crippen molar-refractivity contribution in [2.75, 3.05) is 11.9 Å². The molecule has 4 rings (SSSR count). The number of hydrogen-bond acceptors (Lipinski definition) is 3. The number of nitrogens with one attached hydrogen (secondary N) is 1. The summed E-state index contributed by atoms with van der Waals surface area (Å²) in [4.78, 5) is 38.2. The second-order valence-corrected chi connectivity index (χ2v) is 6.80. The largest absolute Gasteiger partial charge is 0.325 e. The van der Waals surface area contributed by atoms with Crippen LogP contribution < -0.4 is 5.32 Å². The number of hydrogen-bond donors (Lipinski definition) is 1. The second kappa shape index (κ2) is 5.89. The number of carbonyl (C=O) groups excluding carboxylic acids is 3. The molecule has 0 saturated carbocycles. The Hall–Kier alpha value is -2.43. The minimum absolute atomic E-state index is 0.193. The first-order chi connectivity index (χ1) is 11.6. The summed E-state index contributed by atoms with van der Waals surface area (Å²) in [5.74, 6) is -1.30. The molecule has 0 radical (unpaired) electrons. The summed E-state index contributed by atoms with van der Waals surface area (Å²) in [7, 11) is 0. The van der Waals surface area contributed by atoms with E-state index in [0.717, 1.165) is 29.8 Å². The van der Waals surface area contributed by atoms with E-state index in [1.165, 1.54) is 11.1 Å². The van der Waals surface area contributed by atoms with Gasteiger partial charge in [-0.3, -0.25) is 19.3 Å². The number of carbonyl (C=O) groups is 3. The van der Waals surface area contributed by atoms with Gasteiger partial charge in [-0.05, 0) is 55.4 Å². The van der Waals surface area contributed by atoms with E-state index < -0.39 is 0 Å². The first-order valence-corrected chi connectivity index (χ1v) is 8.55. The van der Waals surface area contributed by atoms with Crippen molar-refractivity contribution in [2.24, 2.45) is 11.8 Å². The van der Waals surface area contributed by atoms with Gasteiger partial charge >= 0.3 is 0 Å². The van der Waals surface area contributed by atoms with Crippen molar-refractivity contribution in [2.45, 2.75) is 32.1 Å². The number of imide groups is 1. The Kier molecular flexibility index (Phi) is 3.71. The molecule has 1 N–H and O–H groups in total. The highest BCUT2D eigenvalue weighted by atomic mass is 16.2. The minimum Gasteiger partial charge on any atom is -0.325 e. The van der Waals surface area contributed by atoms with Crippen LogP contribution in [-0.2, 0) is 27.2 Å². The van der Waals surface area contributed by atoms with Gasteiger partial charge in [0.05, 0.1) is 11.8 Å². The standard InChI is InChI=1S/C19H20N2O3/c22-17(20-14-9-8-12-4-3-5-13(12)10-14)11-21-18(23)15-6-1-2-7-16(15)19(21)24/h1-2,8-10,15-16H,3-7,11H2,(H,20,22). The molecule has 24 heavy (non-hydrogen) atoms. The third-order valence-corrected chi connectivity index (χ3v) is 5.28. The van der Waals surface area contributed by atoms with Gasteiger partial charge in [0, 0.05) is 5.69 Å².